The van der Waals surface area contributed by atoms with Crippen LogP contribution in [-0.2, 0) is 11.3 Å². The molecular weight excluding hydrogens is 506 g/mol. The number of benzene rings is 3. The maximum atomic E-state index is 13.1. The molecule has 3 aromatic carbocycles. The van der Waals surface area contributed by atoms with Gasteiger partial charge in [0.1, 0.15) is 12.3 Å². The molecular formula is C31H29N5O4. The first-order valence-corrected chi connectivity index (χ1v) is 13.3. The minimum Gasteiger partial charge on any atom is -0.497 e. The van der Waals surface area contributed by atoms with Crippen molar-refractivity contribution in [3.63, 3.8) is 0 Å². The van der Waals surface area contributed by atoms with Gasteiger partial charge in [-0.25, -0.2) is 4.98 Å². The second-order valence-corrected chi connectivity index (χ2v) is 9.90. The highest BCUT2D eigenvalue weighted by Gasteiger charge is 2.26. The number of amides is 2. The van der Waals surface area contributed by atoms with Crippen LogP contribution in [0.15, 0.2) is 89.7 Å². The molecule has 202 valence electrons. The highest BCUT2D eigenvalue weighted by molar-refractivity contribution is 5.93. The number of nitrogens with one attached hydrogen (secondary N) is 1. The number of aromatic nitrogens is 3. The summed E-state index contributed by atoms with van der Waals surface area (Å²) in [6, 6.07) is 24.9. The van der Waals surface area contributed by atoms with Gasteiger partial charge in [-0.2, -0.15) is 0 Å². The van der Waals surface area contributed by atoms with E-state index in [1.165, 1.54) is 5.56 Å². The molecule has 0 radical (unpaired) electrons. The zero-order chi connectivity index (χ0) is 27.5. The smallest absolute Gasteiger partial charge is 0.276 e. The highest BCUT2D eigenvalue weighted by atomic mass is 16.5. The second kappa shape index (κ2) is 11.1. The van der Waals surface area contributed by atoms with Gasteiger partial charge in [0.15, 0.2) is 11.5 Å². The van der Waals surface area contributed by atoms with Crippen molar-refractivity contribution in [2.75, 3.05) is 25.5 Å². The van der Waals surface area contributed by atoms with E-state index in [2.05, 4.69) is 27.6 Å². The fraction of sp³-hybridized carbons (Fsp3) is 0.226. The van der Waals surface area contributed by atoms with Crippen molar-refractivity contribution in [3.05, 3.63) is 96.4 Å². The molecule has 9 nitrogen and oxygen atoms in total. The topological polar surface area (TPSA) is 102 Å². The van der Waals surface area contributed by atoms with E-state index in [0.717, 1.165) is 40.9 Å². The minimum absolute atomic E-state index is 0.106. The summed E-state index contributed by atoms with van der Waals surface area (Å²) in [6.07, 6.45) is 3.40. The summed E-state index contributed by atoms with van der Waals surface area (Å²) < 4.78 is 12.5. The minimum atomic E-state index is -0.120. The first-order chi connectivity index (χ1) is 19.6. The van der Waals surface area contributed by atoms with E-state index >= 15 is 0 Å². The zero-order valence-electron chi connectivity index (χ0n) is 22.1. The molecule has 6 rings (SSSR count). The molecule has 0 aliphatic carbocycles. The van der Waals surface area contributed by atoms with E-state index < -0.39 is 0 Å². The molecule has 1 fully saturated rings. The van der Waals surface area contributed by atoms with Gasteiger partial charge in [0.05, 0.1) is 24.5 Å². The summed E-state index contributed by atoms with van der Waals surface area (Å²) >= 11 is 0. The Kier molecular flexibility index (Phi) is 7.01. The first kappa shape index (κ1) is 25.4. The Bertz CT molecular complexity index is 1630. The molecule has 0 unspecified atom stereocenters. The Labute approximate surface area is 231 Å². The summed E-state index contributed by atoms with van der Waals surface area (Å²) in [7, 11) is 1.62. The third-order valence-electron chi connectivity index (χ3n) is 7.39. The van der Waals surface area contributed by atoms with Crippen LogP contribution in [-0.4, -0.2) is 51.6 Å². The fourth-order valence-electron chi connectivity index (χ4n) is 5.18. The number of carbonyl (C=O) groups excluding carboxylic acids is 2. The number of hydrogen-bond acceptors (Lipinski definition) is 6. The number of nitrogens with zero attached hydrogens (tertiary/aromatic N) is 4. The molecule has 9 heteroatoms. The number of hydrogen-bond donors (Lipinski definition) is 1. The van der Waals surface area contributed by atoms with Crippen LogP contribution in [0.3, 0.4) is 0 Å². The summed E-state index contributed by atoms with van der Waals surface area (Å²) in [6.45, 7) is 1.49. The number of rotatable bonds is 7. The fourth-order valence-corrected chi connectivity index (χ4v) is 5.18. The van der Waals surface area contributed by atoms with Gasteiger partial charge in [-0.3, -0.25) is 9.59 Å². The number of ether oxygens (including phenoxy) is 1. The molecule has 1 N–H and O–H groups in total. The number of anilines is 1. The van der Waals surface area contributed by atoms with Crippen LogP contribution >= 0.6 is 0 Å². The van der Waals surface area contributed by atoms with Gasteiger partial charge >= 0.3 is 0 Å². The molecule has 2 aromatic heterocycles. The molecule has 5 aromatic rings. The number of piperidine rings is 1. The number of likely N-dealkylation sites (tertiary alicyclic amines) is 1. The SMILES string of the molecule is COc1ccc(-c2cc(C(=O)N3CCC(c4ccc(NC(=O)Cn5cnc6ccccc65)cc4)CC3)no2)cc1. The van der Waals surface area contributed by atoms with E-state index in [9.17, 15) is 9.59 Å². The summed E-state index contributed by atoms with van der Waals surface area (Å²) in [5, 5.41) is 6.99. The van der Waals surface area contributed by atoms with E-state index in [-0.39, 0.29) is 18.4 Å². The van der Waals surface area contributed by atoms with Crippen LogP contribution in [0.1, 0.15) is 34.8 Å². The lowest BCUT2D eigenvalue weighted by Crippen LogP contribution is -2.38. The average molecular weight is 536 g/mol. The number of methoxy groups -OCH3 is 1. The molecule has 40 heavy (non-hydrogen) atoms. The molecule has 1 aliphatic heterocycles. The van der Waals surface area contributed by atoms with Crippen molar-refractivity contribution >= 4 is 28.5 Å². The summed E-state index contributed by atoms with van der Waals surface area (Å²) in [5.74, 6) is 1.42. The van der Waals surface area contributed by atoms with Crippen LogP contribution in [0.2, 0.25) is 0 Å². The lowest BCUT2D eigenvalue weighted by molar-refractivity contribution is -0.116. The Hall–Kier alpha value is -4.92. The summed E-state index contributed by atoms with van der Waals surface area (Å²) in [4.78, 5) is 31.9. The molecule has 0 atom stereocenters. The van der Waals surface area contributed by atoms with Gasteiger partial charge < -0.3 is 24.0 Å². The van der Waals surface area contributed by atoms with Crippen molar-refractivity contribution in [1.29, 1.82) is 0 Å². The van der Waals surface area contributed by atoms with Gasteiger partial charge in [-0.1, -0.05) is 29.4 Å². The normalized spacial score (nSPS) is 13.9. The van der Waals surface area contributed by atoms with Gasteiger partial charge in [0.2, 0.25) is 5.91 Å². The van der Waals surface area contributed by atoms with E-state index in [1.807, 2.05) is 70.1 Å². The predicted molar refractivity (Wildman–Crippen MR) is 151 cm³/mol. The van der Waals surface area contributed by atoms with Crippen molar-refractivity contribution in [3.8, 4) is 17.1 Å². The Morgan fingerprint density at radius 2 is 1.75 bits per heavy atom. The van der Waals surface area contributed by atoms with Gasteiger partial charge in [-0.15, -0.1) is 0 Å². The van der Waals surface area contributed by atoms with Crippen LogP contribution in [0.25, 0.3) is 22.4 Å². The number of fused-ring (bicyclic) bond motifs is 1. The lowest BCUT2D eigenvalue weighted by atomic mass is 9.89. The second-order valence-electron chi connectivity index (χ2n) is 9.90. The molecule has 3 heterocycles. The average Bonchev–Trinajstić information content (AvgIpc) is 3.65. The molecule has 1 aliphatic rings. The number of carbonyl (C=O) groups is 2. The van der Waals surface area contributed by atoms with Crippen LogP contribution < -0.4 is 10.1 Å². The zero-order valence-corrected chi connectivity index (χ0v) is 22.1. The molecule has 2 amide bonds. The quantitative estimate of drug-likeness (QED) is 0.301. The number of imidazole rings is 1. The predicted octanol–water partition coefficient (Wildman–Crippen LogP) is 5.36. The van der Waals surface area contributed by atoms with Crippen molar-refractivity contribution in [2.45, 2.75) is 25.3 Å². The van der Waals surface area contributed by atoms with Gasteiger partial charge in [0.25, 0.3) is 5.91 Å². The standard InChI is InChI=1S/C31H29N5O4/c1-39-25-12-8-23(9-13-25)29-18-27(34-40-29)31(38)35-16-14-22(15-17-35)21-6-10-24(11-7-21)33-30(37)19-36-20-32-26-4-2-3-5-28(26)36/h2-13,18,20,22H,14-17,19H2,1H3,(H,33,37). The van der Waals surface area contributed by atoms with E-state index in [1.54, 1.807) is 19.5 Å². The Morgan fingerprint density at radius 1 is 1.00 bits per heavy atom. The maximum absolute atomic E-state index is 13.1. The maximum Gasteiger partial charge on any atom is 0.276 e. The van der Waals surface area contributed by atoms with Crippen molar-refractivity contribution < 1.29 is 18.8 Å². The largest absolute Gasteiger partial charge is 0.497 e. The lowest BCUT2D eigenvalue weighted by Gasteiger charge is -2.31. The molecule has 0 spiro atoms. The molecule has 1 saturated heterocycles. The van der Waals surface area contributed by atoms with Crippen LogP contribution in [0.4, 0.5) is 5.69 Å². The highest BCUT2D eigenvalue weighted by Crippen LogP contribution is 2.30. The van der Waals surface area contributed by atoms with Gasteiger partial charge in [0, 0.05) is 30.4 Å². The van der Waals surface area contributed by atoms with Crippen LogP contribution in [0.5, 0.6) is 5.75 Å². The van der Waals surface area contributed by atoms with E-state index in [0.29, 0.717) is 30.5 Å². The van der Waals surface area contributed by atoms with Gasteiger partial charge in [-0.05, 0) is 72.9 Å². The number of para-hydroxylation sites is 2. The Balaban J connectivity index is 1.02. The Morgan fingerprint density at radius 3 is 2.50 bits per heavy atom. The third-order valence-corrected chi connectivity index (χ3v) is 7.39. The monoisotopic (exact) mass is 535 g/mol. The van der Waals surface area contributed by atoms with Crippen molar-refractivity contribution in [1.82, 2.24) is 19.6 Å². The van der Waals surface area contributed by atoms with E-state index in [4.69, 9.17) is 9.26 Å². The third kappa shape index (κ3) is 5.31. The summed E-state index contributed by atoms with van der Waals surface area (Å²) in [5.41, 5.74) is 4.90. The first-order valence-electron chi connectivity index (χ1n) is 13.3. The van der Waals surface area contributed by atoms with Crippen LogP contribution in [0, 0.1) is 0 Å². The van der Waals surface area contributed by atoms with Crippen molar-refractivity contribution in [2.24, 2.45) is 0 Å². The molecule has 0 saturated carbocycles. The molecule has 0 bridgehead atoms.